The maximum Gasteiger partial charge on any atom is 0.166 e. The van der Waals surface area contributed by atoms with Crippen LogP contribution in [0.4, 0.5) is 10.1 Å². The fourth-order valence-electron chi connectivity index (χ4n) is 1.41. The smallest absolute Gasteiger partial charge is 0.166 e. The number of aromatic nitrogens is 1. The lowest BCUT2D eigenvalue weighted by molar-refractivity contribution is 0.432. The van der Waals surface area contributed by atoms with E-state index in [2.05, 4.69) is 10.3 Å². The molecule has 88 valence electrons. The van der Waals surface area contributed by atoms with Gasteiger partial charge in [0.25, 0.3) is 0 Å². The second-order valence-electron chi connectivity index (χ2n) is 3.85. The van der Waals surface area contributed by atoms with Crippen LogP contribution in [0.15, 0.2) is 36.5 Å². The van der Waals surface area contributed by atoms with E-state index in [0.29, 0.717) is 12.2 Å². The van der Waals surface area contributed by atoms with Gasteiger partial charge in [-0.15, -0.1) is 0 Å². The Morgan fingerprint density at radius 2 is 2.12 bits per heavy atom. The van der Waals surface area contributed by atoms with Crippen LogP contribution >= 0.6 is 0 Å². The molecular formula is C13H13FN2O. The summed E-state index contributed by atoms with van der Waals surface area (Å²) in [5, 5.41) is 12.1. The van der Waals surface area contributed by atoms with Gasteiger partial charge < -0.3 is 10.4 Å². The molecule has 0 unspecified atom stereocenters. The van der Waals surface area contributed by atoms with Gasteiger partial charge in [-0.1, -0.05) is 6.07 Å². The number of pyridine rings is 1. The van der Waals surface area contributed by atoms with Crippen LogP contribution < -0.4 is 5.32 Å². The number of phenols is 1. The van der Waals surface area contributed by atoms with Gasteiger partial charge in [0.05, 0.1) is 12.2 Å². The summed E-state index contributed by atoms with van der Waals surface area (Å²) in [4.78, 5) is 4.23. The van der Waals surface area contributed by atoms with E-state index in [4.69, 9.17) is 5.11 Å². The molecule has 2 aromatic rings. The number of aryl methyl sites for hydroxylation is 1. The zero-order valence-electron chi connectivity index (χ0n) is 9.44. The third-order valence-electron chi connectivity index (χ3n) is 2.39. The predicted molar refractivity (Wildman–Crippen MR) is 64.4 cm³/mol. The van der Waals surface area contributed by atoms with E-state index in [1.807, 2.05) is 19.1 Å². The van der Waals surface area contributed by atoms with Crippen molar-refractivity contribution >= 4 is 5.69 Å². The largest absolute Gasteiger partial charge is 0.505 e. The number of hydrogen-bond acceptors (Lipinski definition) is 3. The van der Waals surface area contributed by atoms with Gasteiger partial charge in [0.1, 0.15) is 0 Å². The van der Waals surface area contributed by atoms with Crippen LogP contribution in [0, 0.1) is 12.7 Å². The van der Waals surface area contributed by atoms with Crippen LogP contribution in [-0.2, 0) is 6.54 Å². The van der Waals surface area contributed by atoms with Crippen molar-refractivity contribution in [3.05, 3.63) is 53.6 Å². The number of nitrogens with zero attached hydrogens (tertiary/aromatic N) is 1. The Morgan fingerprint density at radius 1 is 1.29 bits per heavy atom. The van der Waals surface area contributed by atoms with Gasteiger partial charge in [0.2, 0.25) is 0 Å². The SMILES string of the molecule is Cc1ccc(CNc2ccc(O)c(F)c2)nc1. The molecule has 2 rings (SSSR count). The molecule has 0 saturated heterocycles. The van der Waals surface area contributed by atoms with E-state index in [0.717, 1.165) is 11.3 Å². The Morgan fingerprint density at radius 3 is 2.76 bits per heavy atom. The molecule has 0 bridgehead atoms. The summed E-state index contributed by atoms with van der Waals surface area (Å²) < 4.78 is 13.1. The van der Waals surface area contributed by atoms with Gasteiger partial charge in [0.15, 0.2) is 11.6 Å². The highest BCUT2D eigenvalue weighted by Gasteiger charge is 2.01. The lowest BCUT2D eigenvalue weighted by Crippen LogP contribution is -2.01. The second-order valence-corrected chi connectivity index (χ2v) is 3.85. The zero-order chi connectivity index (χ0) is 12.3. The topological polar surface area (TPSA) is 45.1 Å². The number of nitrogens with one attached hydrogen (secondary N) is 1. The Labute approximate surface area is 98.9 Å². The molecule has 0 fully saturated rings. The average molecular weight is 232 g/mol. The van der Waals surface area contributed by atoms with E-state index in [1.165, 1.54) is 12.1 Å². The third kappa shape index (κ3) is 2.93. The molecule has 0 aliphatic rings. The number of phenolic OH excluding ortho intramolecular Hbond substituents is 1. The Hall–Kier alpha value is -2.10. The summed E-state index contributed by atoms with van der Waals surface area (Å²) in [5.41, 5.74) is 2.59. The Kier molecular flexibility index (Phi) is 3.23. The van der Waals surface area contributed by atoms with E-state index < -0.39 is 5.82 Å². The standard InChI is InChI=1S/C13H13FN2O/c1-9-2-3-11(15-7-9)8-16-10-4-5-13(17)12(14)6-10/h2-7,16-17H,8H2,1H3. The van der Waals surface area contributed by atoms with Gasteiger partial charge in [-0.25, -0.2) is 4.39 Å². The van der Waals surface area contributed by atoms with Crippen molar-refractivity contribution in [2.75, 3.05) is 5.32 Å². The van der Waals surface area contributed by atoms with Gasteiger partial charge in [-0.05, 0) is 30.7 Å². The van der Waals surface area contributed by atoms with Crippen molar-refractivity contribution in [2.24, 2.45) is 0 Å². The van der Waals surface area contributed by atoms with E-state index in [1.54, 1.807) is 12.3 Å². The molecule has 1 heterocycles. The molecule has 0 radical (unpaired) electrons. The Bertz CT molecular complexity index is 511. The molecule has 1 aromatic carbocycles. The minimum absolute atomic E-state index is 0.344. The maximum atomic E-state index is 13.1. The van der Waals surface area contributed by atoms with Crippen LogP contribution in [0.1, 0.15) is 11.3 Å². The van der Waals surface area contributed by atoms with Crippen molar-refractivity contribution in [1.82, 2.24) is 4.98 Å². The first kappa shape index (κ1) is 11.4. The lowest BCUT2D eigenvalue weighted by atomic mass is 10.2. The molecule has 3 nitrogen and oxygen atoms in total. The quantitative estimate of drug-likeness (QED) is 0.800. The van der Waals surface area contributed by atoms with Crippen LogP contribution in [0.2, 0.25) is 0 Å². The molecule has 17 heavy (non-hydrogen) atoms. The number of hydrogen-bond donors (Lipinski definition) is 2. The Balaban J connectivity index is 2.02. The minimum atomic E-state index is -0.633. The van der Waals surface area contributed by atoms with Gasteiger partial charge >= 0.3 is 0 Å². The normalized spacial score (nSPS) is 10.2. The van der Waals surface area contributed by atoms with Crippen LogP contribution in [-0.4, -0.2) is 10.1 Å². The number of rotatable bonds is 3. The van der Waals surface area contributed by atoms with E-state index in [-0.39, 0.29) is 5.75 Å². The van der Waals surface area contributed by atoms with Gasteiger partial charge in [0, 0.05) is 18.0 Å². The van der Waals surface area contributed by atoms with Crippen molar-refractivity contribution < 1.29 is 9.50 Å². The summed E-state index contributed by atoms with van der Waals surface area (Å²) in [6, 6.07) is 8.08. The van der Waals surface area contributed by atoms with Gasteiger partial charge in [-0.2, -0.15) is 0 Å². The van der Waals surface area contributed by atoms with Crippen molar-refractivity contribution in [3.8, 4) is 5.75 Å². The van der Waals surface area contributed by atoms with Crippen molar-refractivity contribution in [1.29, 1.82) is 0 Å². The lowest BCUT2D eigenvalue weighted by Gasteiger charge is -2.06. The number of benzene rings is 1. The first-order valence-electron chi connectivity index (χ1n) is 5.29. The molecule has 0 saturated carbocycles. The molecule has 0 aliphatic carbocycles. The van der Waals surface area contributed by atoms with Crippen LogP contribution in [0.25, 0.3) is 0 Å². The summed E-state index contributed by atoms with van der Waals surface area (Å²) in [7, 11) is 0. The molecular weight excluding hydrogens is 219 g/mol. The fourth-order valence-corrected chi connectivity index (χ4v) is 1.41. The highest BCUT2D eigenvalue weighted by molar-refractivity contribution is 5.47. The molecule has 4 heteroatoms. The molecule has 0 amide bonds. The summed E-state index contributed by atoms with van der Waals surface area (Å²) in [6.07, 6.45) is 1.79. The number of halogens is 1. The number of aromatic hydroxyl groups is 1. The highest BCUT2D eigenvalue weighted by atomic mass is 19.1. The average Bonchev–Trinajstić information content (AvgIpc) is 2.33. The van der Waals surface area contributed by atoms with Gasteiger partial charge in [-0.3, -0.25) is 4.98 Å². The van der Waals surface area contributed by atoms with E-state index in [9.17, 15) is 4.39 Å². The maximum absolute atomic E-state index is 13.1. The first-order valence-corrected chi connectivity index (χ1v) is 5.29. The number of anilines is 1. The zero-order valence-corrected chi connectivity index (χ0v) is 9.44. The third-order valence-corrected chi connectivity index (χ3v) is 2.39. The fraction of sp³-hybridized carbons (Fsp3) is 0.154. The second kappa shape index (κ2) is 4.82. The summed E-state index contributed by atoms with van der Waals surface area (Å²) >= 11 is 0. The summed E-state index contributed by atoms with van der Waals surface area (Å²) in [6.45, 7) is 2.49. The molecule has 0 aliphatic heterocycles. The van der Waals surface area contributed by atoms with Crippen molar-refractivity contribution in [2.45, 2.75) is 13.5 Å². The summed E-state index contributed by atoms with van der Waals surface area (Å²) in [5.74, 6) is -0.976. The molecule has 2 N–H and O–H groups in total. The highest BCUT2D eigenvalue weighted by Crippen LogP contribution is 2.19. The first-order chi connectivity index (χ1) is 8.15. The van der Waals surface area contributed by atoms with Crippen LogP contribution in [0.5, 0.6) is 5.75 Å². The van der Waals surface area contributed by atoms with E-state index >= 15 is 0 Å². The molecule has 1 aromatic heterocycles. The molecule has 0 atom stereocenters. The predicted octanol–water partition coefficient (Wildman–Crippen LogP) is 2.85. The monoisotopic (exact) mass is 232 g/mol. The van der Waals surface area contributed by atoms with Crippen molar-refractivity contribution in [3.63, 3.8) is 0 Å². The minimum Gasteiger partial charge on any atom is -0.505 e. The molecule has 0 spiro atoms. The van der Waals surface area contributed by atoms with Crippen LogP contribution in [0.3, 0.4) is 0 Å².